The van der Waals surface area contributed by atoms with Crippen molar-refractivity contribution in [1.82, 2.24) is 0 Å². The predicted molar refractivity (Wildman–Crippen MR) is 110 cm³/mol. The van der Waals surface area contributed by atoms with E-state index in [0.717, 1.165) is 33.0 Å². The molecule has 0 aromatic heterocycles. The molecule has 4 nitrogen and oxygen atoms in total. The molecular weight excluding hydrogens is 376 g/mol. The molecule has 0 saturated heterocycles. The molecule has 7 rings (SSSR count). The summed E-state index contributed by atoms with van der Waals surface area (Å²) in [4.78, 5) is 50.3. The number of Topliss-reactive ketones (excluding diaryl/α,β-unsaturated/α-hetero) is 4. The van der Waals surface area contributed by atoms with Crippen molar-refractivity contribution < 1.29 is 19.2 Å². The molecule has 0 heterocycles. The van der Waals surface area contributed by atoms with Crippen LogP contribution in [0.25, 0.3) is 16.3 Å². The van der Waals surface area contributed by atoms with Gasteiger partial charge in [-0.2, -0.15) is 0 Å². The second-order valence-electron chi connectivity index (χ2n) is 8.55. The largest absolute Gasteiger partial charge is 0.294 e. The van der Waals surface area contributed by atoms with E-state index in [4.69, 9.17) is 0 Å². The van der Waals surface area contributed by atoms with Gasteiger partial charge in [0, 0.05) is 39.5 Å². The molecule has 2 aromatic rings. The van der Waals surface area contributed by atoms with E-state index in [2.05, 4.69) is 0 Å². The molecule has 0 fully saturated rings. The number of allylic oxidation sites excluding steroid dienone is 8. The highest BCUT2D eigenvalue weighted by atomic mass is 16.2. The summed E-state index contributed by atoms with van der Waals surface area (Å²) in [5.41, 5.74) is 6.43. The Hall–Kier alpha value is -3.66. The van der Waals surface area contributed by atoms with Gasteiger partial charge in [-0.15, -0.1) is 0 Å². The van der Waals surface area contributed by atoms with Gasteiger partial charge in [-0.3, -0.25) is 19.2 Å². The number of carbonyl (C=O) groups excluding carboxylic acids is 4. The number of rotatable bonds is 0. The summed E-state index contributed by atoms with van der Waals surface area (Å²) in [5.74, 6) is -0.636. The lowest BCUT2D eigenvalue weighted by molar-refractivity contribution is -0.123. The summed E-state index contributed by atoms with van der Waals surface area (Å²) in [6, 6.07) is 7.61. The molecule has 2 atom stereocenters. The molecule has 5 aliphatic rings. The van der Waals surface area contributed by atoms with Crippen LogP contribution >= 0.6 is 0 Å². The second-order valence-corrected chi connectivity index (χ2v) is 8.55. The third kappa shape index (κ3) is 1.70. The van der Waals surface area contributed by atoms with Gasteiger partial charge in [0.25, 0.3) is 0 Å². The Bertz CT molecular complexity index is 1440. The second kappa shape index (κ2) is 5.08. The Morgan fingerprint density at radius 3 is 2.20 bits per heavy atom. The first kappa shape index (κ1) is 16.2. The highest BCUT2D eigenvalue weighted by molar-refractivity contribution is 6.29. The molecule has 30 heavy (non-hydrogen) atoms. The van der Waals surface area contributed by atoms with Gasteiger partial charge in [-0.1, -0.05) is 48.6 Å². The van der Waals surface area contributed by atoms with Crippen LogP contribution in [0.4, 0.5) is 0 Å². The molecule has 0 amide bonds. The smallest absolute Gasteiger partial charge is 0.171 e. The van der Waals surface area contributed by atoms with Crippen molar-refractivity contribution in [2.24, 2.45) is 5.92 Å². The molecule has 0 bridgehead atoms. The molecular formula is C26H14O4. The fraction of sp³-hybridized carbons (Fsp3) is 0.154. The van der Waals surface area contributed by atoms with E-state index < -0.39 is 0 Å². The number of hydrogen-bond acceptors (Lipinski definition) is 4. The van der Waals surface area contributed by atoms with Crippen LogP contribution in [0.2, 0.25) is 0 Å². The molecule has 5 aliphatic carbocycles. The number of carbonyl (C=O) groups is 4. The van der Waals surface area contributed by atoms with Gasteiger partial charge >= 0.3 is 0 Å². The van der Waals surface area contributed by atoms with Gasteiger partial charge in [0.15, 0.2) is 23.1 Å². The first-order valence-corrected chi connectivity index (χ1v) is 10.1. The van der Waals surface area contributed by atoms with Crippen molar-refractivity contribution in [1.29, 1.82) is 0 Å². The minimum Gasteiger partial charge on any atom is -0.294 e. The monoisotopic (exact) mass is 390 g/mol. The van der Waals surface area contributed by atoms with Gasteiger partial charge in [-0.05, 0) is 27.7 Å². The van der Waals surface area contributed by atoms with Crippen LogP contribution in [0, 0.1) is 5.92 Å². The molecule has 0 radical (unpaired) electrons. The SMILES string of the molecule is O=C1CC(=O)C2=C3C1=CC=C1c4ccc5c6c(ccc(c46)C(C=C2)C13)C(=O)CC5=O. The van der Waals surface area contributed by atoms with E-state index in [1.807, 2.05) is 48.6 Å². The van der Waals surface area contributed by atoms with Crippen molar-refractivity contribution in [2.75, 3.05) is 0 Å². The van der Waals surface area contributed by atoms with Crippen molar-refractivity contribution in [3.05, 3.63) is 87.5 Å². The van der Waals surface area contributed by atoms with Crippen molar-refractivity contribution >= 4 is 39.5 Å². The van der Waals surface area contributed by atoms with Crippen LogP contribution in [0.15, 0.2) is 65.3 Å². The summed E-state index contributed by atoms with van der Waals surface area (Å²) < 4.78 is 0. The lowest BCUT2D eigenvalue weighted by Crippen LogP contribution is -2.33. The van der Waals surface area contributed by atoms with Crippen LogP contribution in [0.5, 0.6) is 0 Å². The van der Waals surface area contributed by atoms with Crippen LogP contribution < -0.4 is 0 Å². The zero-order valence-electron chi connectivity index (χ0n) is 15.8. The summed E-state index contributed by atoms with van der Waals surface area (Å²) in [6.07, 6.45) is 7.58. The van der Waals surface area contributed by atoms with E-state index in [-0.39, 0.29) is 47.8 Å². The van der Waals surface area contributed by atoms with Gasteiger partial charge < -0.3 is 0 Å². The zero-order valence-corrected chi connectivity index (χ0v) is 15.8. The Labute approximate surface area is 171 Å². The first-order chi connectivity index (χ1) is 14.5. The Morgan fingerprint density at radius 2 is 1.40 bits per heavy atom. The van der Waals surface area contributed by atoms with E-state index in [9.17, 15) is 19.2 Å². The van der Waals surface area contributed by atoms with E-state index in [1.54, 1.807) is 0 Å². The van der Waals surface area contributed by atoms with Gasteiger partial charge in [0.2, 0.25) is 0 Å². The lowest BCUT2D eigenvalue weighted by Gasteiger charge is -2.42. The first-order valence-electron chi connectivity index (χ1n) is 10.1. The Balaban J connectivity index is 1.62. The molecule has 142 valence electrons. The predicted octanol–water partition coefficient (Wildman–Crippen LogP) is 4.05. The Kier molecular flexibility index (Phi) is 2.74. The lowest BCUT2D eigenvalue weighted by atomic mass is 9.59. The number of fused-ring (bicyclic) bond motifs is 2. The van der Waals surface area contributed by atoms with Crippen molar-refractivity contribution in [3.63, 3.8) is 0 Å². The van der Waals surface area contributed by atoms with Crippen LogP contribution in [0.3, 0.4) is 0 Å². The van der Waals surface area contributed by atoms with Crippen molar-refractivity contribution in [3.8, 4) is 0 Å². The zero-order chi connectivity index (χ0) is 20.3. The van der Waals surface area contributed by atoms with Gasteiger partial charge in [0.1, 0.15) is 0 Å². The molecule has 0 N–H and O–H groups in total. The number of ketones is 4. The third-order valence-electron chi connectivity index (χ3n) is 7.19. The van der Waals surface area contributed by atoms with E-state index >= 15 is 0 Å². The molecule has 4 heteroatoms. The van der Waals surface area contributed by atoms with Crippen LogP contribution in [-0.4, -0.2) is 23.1 Å². The standard InChI is InChI=1S/C26H14O4/c27-19-9-20(28)16-7-3-13-14-4-8-18-22(30)10-21(29)17-6-2-12(24(14)26(17)18)11-1-5-15(19)25(16)23(11)13/h1-8,11,23H,9-10H2. The summed E-state index contributed by atoms with van der Waals surface area (Å²) in [7, 11) is 0. The maximum atomic E-state index is 12.6. The summed E-state index contributed by atoms with van der Waals surface area (Å²) in [6.45, 7) is 0. The fourth-order valence-corrected chi connectivity index (χ4v) is 5.98. The minimum atomic E-state index is -0.134. The van der Waals surface area contributed by atoms with Gasteiger partial charge in [-0.25, -0.2) is 0 Å². The maximum absolute atomic E-state index is 12.6. The third-order valence-corrected chi connectivity index (χ3v) is 7.19. The fourth-order valence-electron chi connectivity index (χ4n) is 5.98. The maximum Gasteiger partial charge on any atom is 0.171 e. The molecule has 0 saturated carbocycles. The minimum absolute atomic E-state index is 0.0404. The number of hydrogen-bond donors (Lipinski definition) is 0. The quantitative estimate of drug-likeness (QED) is 0.637. The van der Waals surface area contributed by atoms with E-state index in [1.165, 1.54) is 0 Å². The van der Waals surface area contributed by atoms with E-state index in [0.29, 0.717) is 22.3 Å². The molecule has 2 unspecified atom stereocenters. The summed E-state index contributed by atoms with van der Waals surface area (Å²) in [5, 5.41) is 1.71. The highest BCUT2D eigenvalue weighted by Crippen LogP contribution is 2.57. The number of benzene rings is 2. The molecule has 0 spiro atoms. The van der Waals surface area contributed by atoms with Gasteiger partial charge in [0.05, 0.1) is 12.8 Å². The van der Waals surface area contributed by atoms with Crippen LogP contribution in [-0.2, 0) is 9.59 Å². The van der Waals surface area contributed by atoms with Crippen molar-refractivity contribution in [2.45, 2.75) is 18.8 Å². The van der Waals surface area contributed by atoms with Crippen LogP contribution in [0.1, 0.15) is 50.6 Å². The average molecular weight is 390 g/mol. The topological polar surface area (TPSA) is 68.3 Å². The highest BCUT2D eigenvalue weighted by Gasteiger charge is 2.45. The summed E-state index contributed by atoms with van der Waals surface area (Å²) >= 11 is 0. The molecule has 0 aliphatic heterocycles. The Morgan fingerprint density at radius 1 is 0.700 bits per heavy atom. The normalized spacial score (nSPS) is 25.5. The molecule has 2 aromatic carbocycles. The average Bonchev–Trinajstić information content (AvgIpc) is 2.74.